The van der Waals surface area contributed by atoms with Crippen molar-refractivity contribution in [3.8, 4) is 11.5 Å². The molecule has 2 heterocycles. The topological polar surface area (TPSA) is 46.8 Å². The molecular weight excluding hydrogens is 270 g/mol. The van der Waals surface area contributed by atoms with Gasteiger partial charge in [0.05, 0.1) is 6.33 Å². The molecule has 2 rings (SSSR count). The Labute approximate surface area is 117 Å². The number of aryl methyl sites for hydroxylation is 1. The molecule has 0 atom stereocenters. The van der Waals surface area contributed by atoms with Gasteiger partial charge in [-0.1, -0.05) is 39.3 Å². The molecule has 0 spiro atoms. The van der Waals surface area contributed by atoms with E-state index in [1.165, 1.54) is 5.82 Å². The summed E-state index contributed by atoms with van der Waals surface area (Å²) in [5, 5.41) is 0. The van der Waals surface area contributed by atoms with Crippen LogP contribution in [-0.2, 0) is 7.05 Å². The lowest BCUT2D eigenvalue weighted by Crippen LogP contribution is -2.60. The maximum Gasteiger partial charge on any atom is 0.184 e. The summed E-state index contributed by atoms with van der Waals surface area (Å²) >= 11 is 0. The highest BCUT2D eigenvalue weighted by Crippen LogP contribution is 2.34. The lowest BCUT2D eigenvalue weighted by molar-refractivity contribution is 0.857. The average molecular weight is 294 g/mol. The fraction of sp³-hybridized carbons (Fsp3) is 0.583. The van der Waals surface area contributed by atoms with Crippen LogP contribution in [0.25, 0.3) is 11.5 Å². The van der Waals surface area contributed by atoms with E-state index in [1.807, 2.05) is 13.4 Å². The van der Waals surface area contributed by atoms with Gasteiger partial charge in [0.25, 0.3) is 0 Å². The number of imidazole rings is 1. The lowest BCUT2D eigenvalue weighted by atomic mass is 10.4. The molecule has 0 aliphatic carbocycles. The second kappa shape index (κ2) is 4.41. The van der Waals surface area contributed by atoms with Gasteiger partial charge in [-0.2, -0.15) is 0 Å². The minimum absolute atomic E-state index is 0.745. The Morgan fingerprint density at radius 1 is 0.947 bits per heavy atom. The van der Waals surface area contributed by atoms with E-state index in [0.717, 1.165) is 11.5 Å². The predicted molar refractivity (Wildman–Crippen MR) is 84.6 cm³/mol. The van der Waals surface area contributed by atoms with Crippen molar-refractivity contribution in [2.24, 2.45) is 7.05 Å². The monoisotopic (exact) mass is 293 g/mol. The van der Waals surface area contributed by atoms with Crippen LogP contribution >= 0.6 is 0 Å². The first kappa shape index (κ1) is 14.2. The Balaban J connectivity index is 2.71. The van der Waals surface area contributed by atoms with E-state index in [-0.39, 0.29) is 0 Å². The zero-order chi connectivity index (χ0) is 14.4. The van der Waals surface area contributed by atoms with Crippen LogP contribution in [0.4, 0.5) is 5.82 Å². The van der Waals surface area contributed by atoms with E-state index in [9.17, 15) is 0 Å². The molecule has 0 aromatic rings. The Kier molecular flexibility index (Phi) is 3.30. The maximum atomic E-state index is 4.44. The highest BCUT2D eigenvalue weighted by atomic mass is 28.4. The third-order valence-corrected chi connectivity index (χ3v) is 10.2. The minimum Gasteiger partial charge on any atom is -0.409 e. The van der Waals surface area contributed by atoms with Gasteiger partial charge in [-0.05, 0) is 0 Å². The van der Waals surface area contributed by atoms with Crippen LogP contribution in [0.5, 0.6) is 0 Å². The molecule has 2 aliphatic rings. The Bertz CT molecular complexity index is 538. The van der Waals surface area contributed by atoms with Crippen molar-refractivity contribution >= 4 is 22.3 Å². The maximum absolute atomic E-state index is 4.44. The summed E-state index contributed by atoms with van der Waals surface area (Å²) in [4.78, 5) is 13.0. The van der Waals surface area contributed by atoms with Crippen molar-refractivity contribution < 1.29 is 0 Å². The molecule has 0 amide bonds. The summed E-state index contributed by atoms with van der Waals surface area (Å²) in [5.41, 5.74) is 0.926. The normalized spacial score (nSPS) is 13.0. The molecule has 0 fully saturated rings. The van der Waals surface area contributed by atoms with E-state index in [0.29, 0.717) is 0 Å². The van der Waals surface area contributed by atoms with Crippen LogP contribution in [0.15, 0.2) is 12.7 Å². The molecule has 0 bridgehead atoms. The third kappa shape index (κ3) is 2.57. The highest BCUT2D eigenvalue weighted by Gasteiger charge is 2.38. The van der Waals surface area contributed by atoms with Crippen molar-refractivity contribution in [3.63, 3.8) is 0 Å². The van der Waals surface area contributed by atoms with E-state index in [1.54, 1.807) is 6.33 Å². The van der Waals surface area contributed by atoms with Crippen molar-refractivity contribution in [1.82, 2.24) is 19.5 Å². The quantitative estimate of drug-likeness (QED) is 0.816. The average Bonchev–Trinajstić information content (AvgIpc) is 2.66. The highest BCUT2D eigenvalue weighted by molar-refractivity contribution is 6.99. The molecule has 0 unspecified atom stereocenters. The van der Waals surface area contributed by atoms with Crippen LogP contribution in [-0.4, -0.2) is 36.0 Å². The first-order chi connectivity index (χ1) is 8.62. The fourth-order valence-corrected chi connectivity index (χ4v) is 12.6. The van der Waals surface area contributed by atoms with Crippen LogP contribution in [0, 0.1) is 0 Å². The first-order valence-corrected chi connectivity index (χ1v) is 13.4. The molecule has 104 valence electrons. The number of nitrogens with zero attached hydrogens (tertiary/aromatic N) is 5. The van der Waals surface area contributed by atoms with E-state index in [4.69, 9.17) is 0 Å². The summed E-state index contributed by atoms with van der Waals surface area (Å²) in [6.45, 7) is 14.3. The van der Waals surface area contributed by atoms with Gasteiger partial charge >= 0.3 is 0 Å². The molecule has 0 N–H and O–H groups in total. The molecule has 0 radical (unpaired) electrons. The van der Waals surface area contributed by atoms with Crippen molar-refractivity contribution in [1.29, 1.82) is 0 Å². The van der Waals surface area contributed by atoms with Gasteiger partial charge in [0.15, 0.2) is 5.82 Å². The molecule has 7 heteroatoms. The molecule has 19 heavy (non-hydrogen) atoms. The van der Waals surface area contributed by atoms with Gasteiger partial charge in [0.1, 0.15) is 34.3 Å². The van der Waals surface area contributed by atoms with Crippen LogP contribution in [0.2, 0.25) is 39.3 Å². The van der Waals surface area contributed by atoms with Crippen molar-refractivity contribution in [2.45, 2.75) is 39.3 Å². The molecule has 2 aliphatic heterocycles. The SMILES string of the molecule is Cn1cnc2ncnc-2c1N([Si](C)(C)C)[Si](C)(C)C. The van der Waals surface area contributed by atoms with Crippen molar-refractivity contribution in [3.05, 3.63) is 12.7 Å². The molecular formula is C12H23N5Si2. The summed E-state index contributed by atoms with van der Waals surface area (Å²) in [6.07, 6.45) is 3.45. The summed E-state index contributed by atoms with van der Waals surface area (Å²) in [5.74, 6) is 1.93. The summed E-state index contributed by atoms with van der Waals surface area (Å²) in [6, 6.07) is 0. The first-order valence-electron chi connectivity index (χ1n) is 6.55. The summed E-state index contributed by atoms with van der Waals surface area (Å²) < 4.78 is 4.74. The zero-order valence-electron chi connectivity index (χ0n) is 12.9. The standard InChI is InChI=1S/C12H23N5Si2/c1-16-9-15-11-10(13-8-14-11)12(16)17(18(2,3)4)19(5,6)7/h8-9H,1-7H3. The largest absolute Gasteiger partial charge is 0.409 e. The van der Waals surface area contributed by atoms with E-state index < -0.39 is 16.5 Å². The third-order valence-electron chi connectivity index (χ3n) is 3.03. The minimum atomic E-state index is -1.51. The van der Waals surface area contributed by atoms with Crippen LogP contribution in [0.1, 0.15) is 0 Å². The number of anilines is 1. The molecule has 0 saturated carbocycles. The fourth-order valence-electron chi connectivity index (χ4n) is 2.78. The second-order valence-electron chi connectivity index (χ2n) is 6.90. The van der Waals surface area contributed by atoms with Gasteiger partial charge in [-0.25, -0.2) is 15.0 Å². The van der Waals surface area contributed by atoms with E-state index in [2.05, 4.69) is 63.0 Å². The van der Waals surface area contributed by atoms with Gasteiger partial charge < -0.3 is 8.80 Å². The second-order valence-corrected chi connectivity index (χ2v) is 16.9. The number of hydrogen-bond donors (Lipinski definition) is 0. The molecule has 0 saturated heterocycles. The Morgan fingerprint density at radius 3 is 2.05 bits per heavy atom. The number of hydrogen-bond acceptors (Lipinski definition) is 4. The predicted octanol–water partition coefficient (Wildman–Crippen LogP) is 2.79. The zero-order valence-corrected chi connectivity index (χ0v) is 14.9. The van der Waals surface area contributed by atoms with Gasteiger partial charge in [-0.3, -0.25) is 0 Å². The number of fused-ring (bicyclic) bond motifs is 1. The van der Waals surface area contributed by atoms with Gasteiger partial charge in [0.2, 0.25) is 0 Å². The van der Waals surface area contributed by atoms with Crippen LogP contribution < -0.4 is 4.23 Å². The number of aromatic nitrogens is 4. The Morgan fingerprint density at radius 2 is 1.53 bits per heavy atom. The number of rotatable bonds is 3. The molecule has 0 aromatic carbocycles. The van der Waals surface area contributed by atoms with Crippen molar-refractivity contribution in [2.75, 3.05) is 4.23 Å². The van der Waals surface area contributed by atoms with Gasteiger partial charge in [-0.15, -0.1) is 0 Å². The van der Waals surface area contributed by atoms with E-state index >= 15 is 0 Å². The molecule has 5 nitrogen and oxygen atoms in total. The smallest absolute Gasteiger partial charge is 0.184 e. The summed E-state index contributed by atoms with van der Waals surface area (Å²) in [7, 11) is -0.967. The van der Waals surface area contributed by atoms with Gasteiger partial charge in [0, 0.05) is 7.05 Å². The van der Waals surface area contributed by atoms with Crippen LogP contribution in [0.3, 0.4) is 0 Å². The Hall–Kier alpha value is -1.22. The molecule has 0 aromatic heterocycles. The lowest BCUT2D eigenvalue weighted by Gasteiger charge is -2.46.